The maximum absolute atomic E-state index is 13.6. The van der Waals surface area contributed by atoms with E-state index in [9.17, 15) is 14.3 Å². The number of benzene rings is 1. The molecule has 0 aliphatic rings. The number of phenols is 1. The van der Waals surface area contributed by atoms with Gasteiger partial charge in [0.15, 0.2) is 0 Å². The van der Waals surface area contributed by atoms with E-state index >= 15 is 0 Å². The molecule has 0 spiro atoms. The molecule has 2 rings (SSSR count). The third kappa shape index (κ3) is 2.93. The average molecular weight is 274 g/mol. The second-order valence-corrected chi connectivity index (χ2v) is 4.57. The van der Waals surface area contributed by atoms with Gasteiger partial charge < -0.3 is 10.0 Å². The Bertz CT molecular complexity index is 623. The highest BCUT2D eigenvalue weighted by Gasteiger charge is 2.20. The number of hydrogen-bond donors (Lipinski definition) is 1. The summed E-state index contributed by atoms with van der Waals surface area (Å²) in [5, 5.41) is 9.62. The summed E-state index contributed by atoms with van der Waals surface area (Å²) in [4.78, 5) is 17.8. The van der Waals surface area contributed by atoms with Gasteiger partial charge in [0.2, 0.25) is 0 Å². The fraction of sp³-hybridized carbons (Fsp3) is 0.200. The monoisotopic (exact) mass is 274 g/mol. The van der Waals surface area contributed by atoms with Crippen LogP contribution in [0.1, 0.15) is 21.7 Å². The van der Waals surface area contributed by atoms with Crippen molar-refractivity contribution in [2.45, 2.75) is 13.5 Å². The van der Waals surface area contributed by atoms with Gasteiger partial charge in [-0.25, -0.2) is 4.39 Å². The number of hydrogen-bond acceptors (Lipinski definition) is 3. The molecule has 2 aromatic rings. The van der Waals surface area contributed by atoms with E-state index in [1.165, 1.54) is 24.1 Å². The van der Waals surface area contributed by atoms with Crippen molar-refractivity contribution < 1.29 is 14.3 Å². The molecular weight excluding hydrogens is 259 g/mol. The lowest BCUT2D eigenvalue weighted by molar-refractivity contribution is 0.0775. The number of nitrogens with zero attached hydrogens (tertiary/aromatic N) is 2. The number of amides is 1. The molecule has 1 aromatic heterocycles. The molecular formula is C15H15FN2O2. The van der Waals surface area contributed by atoms with Crippen molar-refractivity contribution in [2.24, 2.45) is 0 Å². The number of carbonyl (C=O) groups excluding carboxylic acids is 1. The Hall–Kier alpha value is -2.43. The van der Waals surface area contributed by atoms with Crippen molar-refractivity contribution in [3.63, 3.8) is 0 Å². The van der Waals surface area contributed by atoms with E-state index in [2.05, 4.69) is 4.98 Å². The quantitative estimate of drug-likeness (QED) is 0.935. The van der Waals surface area contributed by atoms with Gasteiger partial charge >= 0.3 is 0 Å². The van der Waals surface area contributed by atoms with E-state index in [1.807, 2.05) is 19.1 Å². The largest absolute Gasteiger partial charge is 0.507 e. The second-order valence-electron chi connectivity index (χ2n) is 4.57. The van der Waals surface area contributed by atoms with Gasteiger partial charge in [0, 0.05) is 12.7 Å². The predicted molar refractivity (Wildman–Crippen MR) is 72.8 cm³/mol. The number of phenolic OH excluding ortho intramolecular Hbond substituents is 1. The first-order valence-electron chi connectivity index (χ1n) is 6.14. The maximum Gasteiger partial charge on any atom is 0.260 e. The summed E-state index contributed by atoms with van der Waals surface area (Å²) in [6.07, 6.45) is 0. The topological polar surface area (TPSA) is 53.4 Å². The van der Waals surface area contributed by atoms with Gasteiger partial charge in [-0.3, -0.25) is 9.78 Å². The zero-order valence-corrected chi connectivity index (χ0v) is 11.3. The molecule has 0 bridgehead atoms. The SMILES string of the molecule is Cc1cccc(CN(C)C(=O)c2c(O)cccc2F)n1. The van der Waals surface area contributed by atoms with E-state index in [0.29, 0.717) is 5.69 Å². The van der Waals surface area contributed by atoms with Crippen molar-refractivity contribution in [1.82, 2.24) is 9.88 Å². The highest BCUT2D eigenvalue weighted by molar-refractivity contribution is 5.96. The first kappa shape index (κ1) is 14.0. The number of aryl methyl sites for hydroxylation is 1. The Balaban J connectivity index is 2.21. The Kier molecular flexibility index (Phi) is 3.98. The van der Waals surface area contributed by atoms with Crippen LogP contribution in [0.15, 0.2) is 36.4 Å². The molecule has 0 unspecified atom stereocenters. The molecule has 1 amide bonds. The van der Waals surface area contributed by atoms with Crippen molar-refractivity contribution in [1.29, 1.82) is 0 Å². The third-order valence-corrected chi connectivity index (χ3v) is 2.90. The summed E-state index contributed by atoms with van der Waals surface area (Å²) >= 11 is 0. The molecule has 104 valence electrons. The lowest BCUT2D eigenvalue weighted by Crippen LogP contribution is -2.27. The highest BCUT2D eigenvalue weighted by Crippen LogP contribution is 2.21. The Morgan fingerprint density at radius 2 is 2.00 bits per heavy atom. The van der Waals surface area contributed by atoms with Gasteiger partial charge in [0.1, 0.15) is 17.1 Å². The van der Waals surface area contributed by atoms with Crippen LogP contribution in [-0.2, 0) is 6.54 Å². The summed E-state index contributed by atoms with van der Waals surface area (Å²) in [6.45, 7) is 2.10. The van der Waals surface area contributed by atoms with Crippen LogP contribution in [0.25, 0.3) is 0 Å². The van der Waals surface area contributed by atoms with Crippen molar-refractivity contribution in [3.8, 4) is 5.75 Å². The van der Waals surface area contributed by atoms with Gasteiger partial charge in [0.25, 0.3) is 5.91 Å². The van der Waals surface area contributed by atoms with Gasteiger partial charge in [-0.05, 0) is 31.2 Å². The minimum Gasteiger partial charge on any atom is -0.507 e. The van der Waals surface area contributed by atoms with Gasteiger partial charge in [0.05, 0.1) is 12.2 Å². The van der Waals surface area contributed by atoms with Crippen LogP contribution < -0.4 is 0 Å². The van der Waals surface area contributed by atoms with Gasteiger partial charge in [-0.15, -0.1) is 0 Å². The molecule has 0 saturated carbocycles. The average Bonchev–Trinajstić information content (AvgIpc) is 2.38. The highest BCUT2D eigenvalue weighted by atomic mass is 19.1. The van der Waals surface area contributed by atoms with Gasteiger partial charge in [-0.1, -0.05) is 12.1 Å². The Labute approximate surface area is 116 Å². The lowest BCUT2D eigenvalue weighted by Gasteiger charge is -2.18. The molecule has 1 N–H and O–H groups in total. The first-order valence-corrected chi connectivity index (χ1v) is 6.14. The molecule has 0 radical (unpaired) electrons. The second kappa shape index (κ2) is 5.69. The maximum atomic E-state index is 13.6. The number of pyridine rings is 1. The van der Waals surface area contributed by atoms with Gasteiger partial charge in [-0.2, -0.15) is 0 Å². The first-order chi connectivity index (χ1) is 9.49. The van der Waals surface area contributed by atoms with Crippen molar-refractivity contribution in [2.75, 3.05) is 7.05 Å². The lowest BCUT2D eigenvalue weighted by atomic mass is 10.1. The van der Waals surface area contributed by atoms with E-state index in [1.54, 1.807) is 6.07 Å². The molecule has 0 atom stereocenters. The smallest absolute Gasteiger partial charge is 0.260 e. The number of rotatable bonds is 3. The van der Waals surface area contributed by atoms with Crippen LogP contribution >= 0.6 is 0 Å². The van der Waals surface area contributed by atoms with Crippen LogP contribution in [0.3, 0.4) is 0 Å². The molecule has 4 nitrogen and oxygen atoms in total. The number of aromatic hydroxyl groups is 1. The minimum absolute atomic E-state index is 0.244. The third-order valence-electron chi connectivity index (χ3n) is 2.90. The fourth-order valence-corrected chi connectivity index (χ4v) is 1.92. The number of aromatic nitrogens is 1. The Morgan fingerprint density at radius 3 is 2.65 bits per heavy atom. The summed E-state index contributed by atoms with van der Waals surface area (Å²) in [5.41, 5.74) is 1.23. The molecule has 1 heterocycles. The molecule has 0 aliphatic carbocycles. The molecule has 5 heteroatoms. The zero-order chi connectivity index (χ0) is 14.7. The molecule has 0 fully saturated rings. The van der Waals surface area contributed by atoms with E-state index in [0.717, 1.165) is 11.8 Å². The van der Waals surface area contributed by atoms with Crippen molar-refractivity contribution in [3.05, 3.63) is 59.2 Å². The van der Waals surface area contributed by atoms with Crippen LogP contribution in [0.2, 0.25) is 0 Å². The molecule has 20 heavy (non-hydrogen) atoms. The van der Waals surface area contributed by atoms with Crippen LogP contribution in [-0.4, -0.2) is 27.9 Å². The fourth-order valence-electron chi connectivity index (χ4n) is 1.92. The Morgan fingerprint density at radius 1 is 1.30 bits per heavy atom. The summed E-state index contributed by atoms with van der Waals surface area (Å²) < 4.78 is 13.6. The summed E-state index contributed by atoms with van der Waals surface area (Å²) in [5.74, 6) is -1.68. The predicted octanol–water partition coefficient (Wildman–Crippen LogP) is 2.51. The van der Waals surface area contributed by atoms with Crippen LogP contribution in [0.5, 0.6) is 5.75 Å². The molecule has 0 saturated heterocycles. The van der Waals surface area contributed by atoms with Crippen molar-refractivity contribution >= 4 is 5.91 Å². The van der Waals surface area contributed by atoms with Crippen LogP contribution in [0, 0.1) is 12.7 Å². The number of carbonyl (C=O) groups is 1. The summed E-state index contributed by atoms with van der Waals surface area (Å²) in [7, 11) is 1.54. The van der Waals surface area contributed by atoms with E-state index in [-0.39, 0.29) is 17.9 Å². The van der Waals surface area contributed by atoms with Crippen LogP contribution in [0.4, 0.5) is 4.39 Å². The normalized spacial score (nSPS) is 10.3. The molecule has 0 aliphatic heterocycles. The zero-order valence-electron chi connectivity index (χ0n) is 11.3. The van der Waals surface area contributed by atoms with E-state index in [4.69, 9.17) is 0 Å². The minimum atomic E-state index is -0.737. The number of halogens is 1. The standard InChI is InChI=1S/C15H15FN2O2/c1-10-5-3-6-11(17-10)9-18(2)15(20)14-12(16)7-4-8-13(14)19/h3-8,19H,9H2,1-2H3. The van der Waals surface area contributed by atoms with E-state index < -0.39 is 11.7 Å². The molecule has 1 aromatic carbocycles. The summed E-state index contributed by atoms with van der Waals surface area (Å²) in [6, 6.07) is 9.27.